The number of carboxylic acid groups (broad SMARTS) is 1. The Morgan fingerprint density at radius 1 is 1.02 bits per heavy atom. The number of pyridine rings is 1. The molecule has 0 saturated carbocycles. The summed E-state index contributed by atoms with van der Waals surface area (Å²) >= 11 is 0. The van der Waals surface area contributed by atoms with E-state index in [1.807, 2.05) is 43.3 Å². The Kier molecular flexibility index (Phi) is 7.54. The van der Waals surface area contributed by atoms with Gasteiger partial charge in [-0.2, -0.15) is 0 Å². The summed E-state index contributed by atoms with van der Waals surface area (Å²) in [6.07, 6.45) is 3.91. The highest BCUT2D eigenvalue weighted by molar-refractivity contribution is 5.92. The average Bonchev–Trinajstić information content (AvgIpc) is 3.58. The van der Waals surface area contributed by atoms with Crippen molar-refractivity contribution in [1.29, 1.82) is 0 Å². The van der Waals surface area contributed by atoms with E-state index in [-0.39, 0.29) is 11.7 Å². The van der Waals surface area contributed by atoms with Crippen LogP contribution in [0.25, 0.3) is 22.1 Å². The van der Waals surface area contributed by atoms with E-state index in [0.717, 1.165) is 90.5 Å². The third-order valence-corrected chi connectivity index (χ3v) is 8.56. The van der Waals surface area contributed by atoms with Crippen molar-refractivity contribution in [2.75, 3.05) is 19.7 Å². The van der Waals surface area contributed by atoms with Crippen LogP contribution in [0, 0.1) is 0 Å². The molecule has 5 heterocycles. The summed E-state index contributed by atoms with van der Waals surface area (Å²) in [7, 11) is 0. The Morgan fingerprint density at radius 3 is 2.63 bits per heavy atom. The molecule has 2 fully saturated rings. The molecule has 0 bridgehead atoms. The minimum atomic E-state index is -0.931. The number of carbonyl (C=O) groups is 1. The van der Waals surface area contributed by atoms with Crippen molar-refractivity contribution in [3.8, 4) is 5.88 Å². The van der Waals surface area contributed by atoms with Crippen LogP contribution in [-0.4, -0.2) is 61.3 Å². The van der Waals surface area contributed by atoms with Crippen molar-refractivity contribution < 1.29 is 23.8 Å². The van der Waals surface area contributed by atoms with E-state index in [2.05, 4.69) is 20.5 Å². The number of aromatic nitrogens is 4. The predicted molar refractivity (Wildman–Crippen MR) is 160 cm³/mol. The molecule has 222 valence electrons. The number of nitrogens with zero attached hydrogens (tertiary/aromatic N) is 5. The minimum absolute atomic E-state index is 0.148. The molecular weight excluding hydrogens is 546 g/mol. The molecule has 10 heteroatoms. The van der Waals surface area contributed by atoms with Gasteiger partial charge in [0.2, 0.25) is 5.88 Å². The highest BCUT2D eigenvalue weighted by Crippen LogP contribution is 2.30. The second-order valence-electron chi connectivity index (χ2n) is 11.4. The van der Waals surface area contributed by atoms with Gasteiger partial charge in [-0.05, 0) is 74.3 Å². The molecule has 2 saturated heterocycles. The second kappa shape index (κ2) is 11.8. The molecule has 43 heavy (non-hydrogen) atoms. The van der Waals surface area contributed by atoms with Gasteiger partial charge in [-0.25, -0.2) is 19.7 Å². The number of fused-ring (bicyclic) bond motifs is 2. The fourth-order valence-corrected chi connectivity index (χ4v) is 6.00. The molecule has 0 aliphatic carbocycles. The summed E-state index contributed by atoms with van der Waals surface area (Å²) in [4.78, 5) is 28.3. The molecule has 5 aromatic rings. The Hall–Kier alpha value is -4.28. The van der Waals surface area contributed by atoms with Crippen LogP contribution in [0.5, 0.6) is 5.88 Å². The standard InChI is InChI=1S/C33H35N5O5/c1-2-31-36-27-8-6-21(16-29(27)43-31)20-42-32-5-3-4-25(35-32)22-10-13-37(14-11-22)19-30-34-26-9-7-23(33(39)40)17-28(26)38(30)18-24-12-15-41-24/h3-9,16-17,22,24H,2,10-15,18-20H2,1H3,(H,39,40)/t24-/m0/s1. The van der Waals surface area contributed by atoms with Crippen molar-refractivity contribution in [3.05, 3.63) is 83.1 Å². The molecule has 0 radical (unpaired) electrons. The highest BCUT2D eigenvalue weighted by Gasteiger charge is 2.26. The summed E-state index contributed by atoms with van der Waals surface area (Å²) in [6.45, 7) is 6.47. The largest absolute Gasteiger partial charge is 0.478 e. The molecule has 2 aromatic carbocycles. The van der Waals surface area contributed by atoms with E-state index in [0.29, 0.717) is 31.5 Å². The number of oxazole rings is 1. The van der Waals surface area contributed by atoms with Gasteiger partial charge in [-0.1, -0.05) is 19.1 Å². The van der Waals surface area contributed by atoms with Gasteiger partial charge < -0.3 is 23.6 Å². The molecule has 2 aliphatic heterocycles. The molecule has 1 N–H and O–H groups in total. The first-order valence-corrected chi connectivity index (χ1v) is 15.1. The quantitative estimate of drug-likeness (QED) is 0.226. The summed E-state index contributed by atoms with van der Waals surface area (Å²) in [6, 6.07) is 17.2. The van der Waals surface area contributed by atoms with Crippen molar-refractivity contribution in [1.82, 2.24) is 24.4 Å². The van der Waals surface area contributed by atoms with Crippen molar-refractivity contribution in [3.63, 3.8) is 0 Å². The lowest BCUT2D eigenvalue weighted by molar-refractivity contribution is -0.0592. The Labute approximate surface area is 249 Å². The lowest BCUT2D eigenvalue weighted by Crippen LogP contribution is -2.35. The Bertz CT molecular complexity index is 1770. The molecule has 0 amide bonds. The topological polar surface area (TPSA) is 116 Å². The number of hydrogen-bond donors (Lipinski definition) is 1. The summed E-state index contributed by atoms with van der Waals surface area (Å²) in [5.41, 5.74) is 5.67. The lowest BCUT2D eigenvalue weighted by atomic mass is 9.93. The average molecular weight is 582 g/mol. The van der Waals surface area contributed by atoms with E-state index in [9.17, 15) is 9.90 Å². The van der Waals surface area contributed by atoms with Gasteiger partial charge >= 0.3 is 5.97 Å². The first-order chi connectivity index (χ1) is 21.0. The fraction of sp³-hybridized carbons (Fsp3) is 0.394. The molecule has 10 nitrogen and oxygen atoms in total. The number of rotatable bonds is 10. The third-order valence-electron chi connectivity index (χ3n) is 8.56. The number of aryl methyl sites for hydroxylation is 1. The van der Waals surface area contributed by atoms with E-state index >= 15 is 0 Å². The predicted octanol–water partition coefficient (Wildman–Crippen LogP) is 5.58. The summed E-state index contributed by atoms with van der Waals surface area (Å²) < 4.78 is 19.7. The number of ether oxygens (including phenoxy) is 2. The van der Waals surface area contributed by atoms with Crippen molar-refractivity contribution >= 4 is 28.1 Å². The van der Waals surface area contributed by atoms with Gasteiger partial charge in [0.1, 0.15) is 17.9 Å². The second-order valence-corrected chi connectivity index (χ2v) is 11.4. The van der Waals surface area contributed by atoms with Gasteiger partial charge in [-0.3, -0.25) is 4.90 Å². The zero-order valence-corrected chi connectivity index (χ0v) is 24.2. The van der Waals surface area contributed by atoms with Gasteiger partial charge in [0.15, 0.2) is 11.5 Å². The summed E-state index contributed by atoms with van der Waals surface area (Å²) in [5, 5.41) is 9.52. The Balaban J connectivity index is 0.993. The minimum Gasteiger partial charge on any atom is -0.478 e. The number of carboxylic acids is 1. The van der Waals surface area contributed by atoms with Crippen LogP contribution in [0.3, 0.4) is 0 Å². The van der Waals surface area contributed by atoms with Gasteiger partial charge in [0, 0.05) is 30.7 Å². The Morgan fingerprint density at radius 2 is 1.86 bits per heavy atom. The van der Waals surface area contributed by atoms with E-state index in [4.69, 9.17) is 23.9 Å². The maximum absolute atomic E-state index is 11.6. The van der Waals surface area contributed by atoms with Gasteiger partial charge in [0.05, 0.1) is 35.8 Å². The zero-order valence-electron chi connectivity index (χ0n) is 24.2. The number of likely N-dealkylation sites (tertiary alicyclic amines) is 1. The first-order valence-electron chi connectivity index (χ1n) is 15.1. The van der Waals surface area contributed by atoms with Gasteiger partial charge in [0.25, 0.3) is 0 Å². The number of hydrogen-bond acceptors (Lipinski definition) is 8. The third kappa shape index (κ3) is 5.85. The van der Waals surface area contributed by atoms with Crippen LogP contribution in [-0.2, 0) is 30.9 Å². The molecule has 0 unspecified atom stereocenters. The number of piperidine rings is 1. The van der Waals surface area contributed by atoms with Crippen LogP contribution in [0.4, 0.5) is 0 Å². The van der Waals surface area contributed by atoms with Crippen LogP contribution in [0.1, 0.15) is 65.4 Å². The van der Waals surface area contributed by atoms with E-state index in [1.165, 1.54) is 0 Å². The fourth-order valence-electron chi connectivity index (χ4n) is 6.00. The normalized spacial score (nSPS) is 17.8. The molecule has 1 atom stereocenters. The van der Waals surface area contributed by atoms with Crippen LogP contribution in [0.2, 0.25) is 0 Å². The van der Waals surface area contributed by atoms with Crippen LogP contribution < -0.4 is 4.74 Å². The number of benzene rings is 2. The highest BCUT2D eigenvalue weighted by atomic mass is 16.5. The maximum atomic E-state index is 11.6. The lowest BCUT2D eigenvalue weighted by Gasteiger charge is -2.32. The number of imidazole rings is 1. The molecule has 3 aromatic heterocycles. The SMILES string of the molecule is CCc1nc2ccc(COc3cccc(C4CCN(Cc5nc6ccc(C(=O)O)cc6n5C[C@@H]5CCO5)CC4)n3)cc2o1. The van der Waals surface area contributed by atoms with Crippen molar-refractivity contribution in [2.24, 2.45) is 0 Å². The monoisotopic (exact) mass is 581 g/mol. The van der Waals surface area contributed by atoms with E-state index in [1.54, 1.807) is 12.1 Å². The number of aromatic carboxylic acids is 1. The smallest absolute Gasteiger partial charge is 0.335 e. The molecule has 2 aliphatic rings. The van der Waals surface area contributed by atoms with Crippen molar-refractivity contribution in [2.45, 2.75) is 64.3 Å². The van der Waals surface area contributed by atoms with E-state index < -0.39 is 5.97 Å². The summed E-state index contributed by atoms with van der Waals surface area (Å²) in [5.74, 6) is 1.75. The van der Waals surface area contributed by atoms with Gasteiger partial charge in [-0.15, -0.1) is 0 Å². The molecular formula is C33H35N5O5. The zero-order chi connectivity index (χ0) is 29.3. The molecule has 7 rings (SSSR count). The maximum Gasteiger partial charge on any atom is 0.335 e. The van der Waals surface area contributed by atoms with Crippen LogP contribution >= 0.6 is 0 Å². The first kappa shape index (κ1) is 27.5. The van der Waals surface area contributed by atoms with Crippen LogP contribution in [0.15, 0.2) is 59.0 Å². The molecule has 0 spiro atoms.